The van der Waals surface area contributed by atoms with Crippen molar-refractivity contribution in [2.75, 3.05) is 45.9 Å². The van der Waals surface area contributed by atoms with Crippen LogP contribution in [0, 0.1) is 0 Å². The Morgan fingerprint density at radius 2 is 1.95 bits per heavy atom. The van der Waals surface area contributed by atoms with Gasteiger partial charge in [-0.2, -0.15) is 0 Å². The van der Waals surface area contributed by atoms with Crippen LogP contribution in [-0.2, 0) is 9.47 Å². The van der Waals surface area contributed by atoms with Gasteiger partial charge in [0.15, 0.2) is 0 Å². The summed E-state index contributed by atoms with van der Waals surface area (Å²) in [5.74, 6) is 0. The smallest absolute Gasteiger partial charge is 0.374 e. The second-order valence-corrected chi connectivity index (χ2v) is 4.65. The third-order valence-corrected chi connectivity index (χ3v) is 2.96. The predicted molar refractivity (Wildman–Crippen MR) is 66.0 cm³/mol. The van der Waals surface area contributed by atoms with Crippen LogP contribution < -0.4 is 5.32 Å². The third-order valence-electron chi connectivity index (χ3n) is 2.96. The molecule has 1 aliphatic heterocycles. The maximum absolute atomic E-state index is 12.1. The van der Waals surface area contributed by atoms with Crippen molar-refractivity contribution in [1.29, 1.82) is 0 Å². The van der Waals surface area contributed by atoms with Gasteiger partial charge in [0.05, 0.1) is 12.7 Å². The van der Waals surface area contributed by atoms with E-state index in [1.54, 1.807) is 0 Å². The van der Waals surface area contributed by atoms with Crippen molar-refractivity contribution in [2.24, 2.45) is 0 Å². The molecule has 0 aromatic rings. The van der Waals surface area contributed by atoms with E-state index in [1.807, 2.05) is 6.92 Å². The molecule has 7 heteroatoms. The molecule has 1 saturated heterocycles. The van der Waals surface area contributed by atoms with Crippen LogP contribution in [0.2, 0.25) is 0 Å². The van der Waals surface area contributed by atoms with Gasteiger partial charge in [0, 0.05) is 39.3 Å². The van der Waals surface area contributed by atoms with Gasteiger partial charge in [0.1, 0.15) is 0 Å². The van der Waals surface area contributed by atoms with Gasteiger partial charge in [-0.05, 0) is 6.42 Å². The maximum atomic E-state index is 12.1. The fraction of sp³-hybridized carbons (Fsp3) is 1.00. The Hall–Kier alpha value is -0.370. The van der Waals surface area contributed by atoms with Gasteiger partial charge in [-0.25, -0.2) is 0 Å². The average Bonchev–Trinajstić information content (AvgIpc) is 2.36. The van der Waals surface area contributed by atoms with Gasteiger partial charge < -0.3 is 10.1 Å². The molecule has 1 unspecified atom stereocenters. The second-order valence-electron chi connectivity index (χ2n) is 4.65. The molecule has 1 atom stereocenters. The van der Waals surface area contributed by atoms with Crippen molar-refractivity contribution in [3.8, 4) is 0 Å². The largest absolute Gasteiger partial charge is 0.522 e. The monoisotopic (exact) mass is 284 g/mol. The molecular formula is C12H23F3N2O2. The highest BCUT2D eigenvalue weighted by Gasteiger charge is 2.31. The normalized spacial score (nSPS) is 19.6. The molecule has 0 aliphatic carbocycles. The number of nitrogens with one attached hydrogen (secondary N) is 1. The zero-order chi connectivity index (χ0) is 14.1. The van der Waals surface area contributed by atoms with Crippen LogP contribution in [0.25, 0.3) is 0 Å². The molecule has 0 spiro atoms. The number of rotatable bonds is 8. The first kappa shape index (κ1) is 16.7. The summed E-state index contributed by atoms with van der Waals surface area (Å²) >= 11 is 0. The Balaban J connectivity index is 2.33. The van der Waals surface area contributed by atoms with E-state index < -0.39 is 19.1 Å². The molecule has 0 radical (unpaired) electrons. The van der Waals surface area contributed by atoms with Crippen LogP contribution in [0.4, 0.5) is 13.2 Å². The van der Waals surface area contributed by atoms with Gasteiger partial charge in [-0.3, -0.25) is 9.64 Å². The molecule has 1 aliphatic rings. The summed E-state index contributed by atoms with van der Waals surface area (Å²) in [7, 11) is 0. The lowest BCUT2D eigenvalue weighted by Gasteiger charge is -2.31. The fourth-order valence-electron chi connectivity index (χ4n) is 1.92. The number of halogens is 3. The van der Waals surface area contributed by atoms with Crippen LogP contribution in [0.5, 0.6) is 0 Å². The number of nitrogens with zero attached hydrogens (tertiary/aromatic N) is 1. The van der Waals surface area contributed by atoms with E-state index in [9.17, 15) is 13.2 Å². The van der Waals surface area contributed by atoms with Crippen molar-refractivity contribution in [2.45, 2.75) is 32.2 Å². The quantitative estimate of drug-likeness (QED) is 0.687. The fourth-order valence-corrected chi connectivity index (χ4v) is 1.92. The van der Waals surface area contributed by atoms with Gasteiger partial charge in [-0.15, -0.1) is 13.2 Å². The van der Waals surface area contributed by atoms with Gasteiger partial charge in [0.25, 0.3) is 0 Å². The molecule has 1 N–H and O–H groups in total. The SMILES string of the molecule is CCCCOC(COC(F)(F)F)CN1CCNCC1. The van der Waals surface area contributed by atoms with E-state index in [0.717, 1.165) is 39.0 Å². The summed E-state index contributed by atoms with van der Waals surface area (Å²) in [6.07, 6.45) is -3.30. The zero-order valence-electron chi connectivity index (χ0n) is 11.3. The lowest BCUT2D eigenvalue weighted by Crippen LogP contribution is -2.47. The number of ether oxygens (including phenoxy) is 2. The summed E-state index contributed by atoms with van der Waals surface area (Å²) in [5.41, 5.74) is 0. The lowest BCUT2D eigenvalue weighted by molar-refractivity contribution is -0.332. The molecule has 1 heterocycles. The van der Waals surface area contributed by atoms with Crippen molar-refractivity contribution in [3.05, 3.63) is 0 Å². The molecule has 0 bridgehead atoms. The molecular weight excluding hydrogens is 261 g/mol. The number of unbranched alkanes of at least 4 members (excludes halogenated alkanes) is 1. The maximum Gasteiger partial charge on any atom is 0.522 e. The summed E-state index contributed by atoms with van der Waals surface area (Å²) < 4.78 is 45.6. The van der Waals surface area contributed by atoms with E-state index in [1.165, 1.54) is 0 Å². The first-order valence-electron chi connectivity index (χ1n) is 6.76. The van der Waals surface area contributed by atoms with Gasteiger partial charge in [-0.1, -0.05) is 13.3 Å². The van der Waals surface area contributed by atoms with Crippen LogP contribution in [-0.4, -0.2) is 63.3 Å². The number of hydrogen-bond acceptors (Lipinski definition) is 4. The summed E-state index contributed by atoms with van der Waals surface area (Å²) in [4.78, 5) is 2.10. The van der Waals surface area contributed by atoms with E-state index in [2.05, 4.69) is 15.0 Å². The Bertz CT molecular complexity index is 234. The minimum absolute atomic E-state index is 0.433. The summed E-state index contributed by atoms with van der Waals surface area (Å²) in [6, 6.07) is 0. The Morgan fingerprint density at radius 1 is 1.26 bits per heavy atom. The number of alkyl halides is 3. The molecule has 0 saturated carbocycles. The van der Waals surface area contributed by atoms with Crippen molar-refractivity contribution in [3.63, 3.8) is 0 Å². The first-order valence-corrected chi connectivity index (χ1v) is 6.76. The number of hydrogen-bond donors (Lipinski definition) is 1. The second kappa shape index (κ2) is 8.73. The van der Waals surface area contributed by atoms with Gasteiger partial charge in [0.2, 0.25) is 0 Å². The summed E-state index contributed by atoms with van der Waals surface area (Å²) in [5, 5.41) is 3.20. The predicted octanol–water partition coefficient (Wildman–Crippen LogP) is 1.61. The topological polar surface area (TPSA) is 33.7 Å². The Morgan fingerprint density at radius 3 is 2.53 bits per heavy atom. The van der Waals surface area contributed by atoms with Crippen molar-refractivity contribution < 1.29 is 22.6 Å². The minimum Gasteiger partial charge on any atom is -0.374 e. The minimum atomic E-state index is -4.59. The molecule has 0 aromatic heterocycles. The van der Waals surface area contributed by atoms with Crippen LogP contribution >= 0.6 is 0 Å². The van der Waals surface area contributed by atoms with Crippen molar-refractivity contribution in [1.82, 2.24) is 10.2 Å². The molecule has 0 aromatic carbocycles. The molecule has 0 amide bonds. The van der Waals surface area contributed by atoms with E-state index in [4.69, 9.17) is 4.74 Å². The van der Waals surface area contributed by atoms with Crippen LogP contribution in [0.15, 0.2) is 0 Å². The Labute approximate surface area is 112 Å². The lowest BCUT2D eigenvalue weighted by atomic mass is 10.3. The highest BCUT2D eigenvalue weighted by atomic mass is 19.4. The van der Waals surface area contributed by atoms with E-state index in [0.29, 0.717) is 13.2 Å². The molecule has 1 fully saturated rings. The standard InChI is InChI=1S/C12H23F3N2O2/c1-2-3-8-18-11(10-19-12(13,14)15)9-17-6-4-16-5-7-17/h11,16H,2-10H2,1H3. The average molecular weight is 284 g/mol. The molecule has 19 heavy (non-hydrogen) atoms. The Kier molecular flexibility index (Phi) is 7.67. The first-order chi connectivity index (χ1) is 9.01. The van der Waals surface area contributed by atoms with E-state index in [-0.39, 0.29) is 0 Å². The third kappa shape index (κ3) is 8.41. The molecule has 4 nitrogen and oxygen atoms in total. The van der Waals surface area contributed by atoms with E-state index >= 15 is 0 Å². The van der Waals surface area contributed by atoms with Crippen LogP contribution in [0.1, 0.15) is 19.8 Å². The van der Waals surface area contributed by atoms with Crippen molar-refractivity contribution >= 4 is 0 Å². The summed E-state index contributed by atoms with van der Waals surface area (Å²) in [6.45, 7) is 5.94. The van der Waals surface area contributed by atoms with Crippen LogP contribution in [0.3, 0.4) is 0 Å². The highest BCUT2D eigenvalue weighted by molar-refractivity contribution is 4.72. The van der Waals surface area contributed by atoms with Gasteiger partial charge >= 0.3 is 6.36 Å². The number of piperazine rings is 1. The zero-order valence-corrected chi connectivity index (χ0v) is 11.3. The molecule has 114 valence electrons. The highest BCUT2D eigenvalue weighted by Crippen LogP contribution is 2.17. The molecule has 1 rings (SSSR count).